The van der Waals surface area contributed by atoms with Crippen molar-refractivity contribution >= 4 is 11.7 Å². The Morgan fingerprint density at radius 3 is 3.00 bits per heavy atom. The molecule has 0 saturated carbocycles. The lowest BCUT2D eigenvalue weighted by Crippen LogP contribution is -2.48. The highest BCUT2D eigenvalue weighted by Crippen LogP contribution is 2.21. The van der Waals surface area contributed by atoms with Crippen LogP contribution in [0, 0.1) is 0 Å². The second kappa shape index (κ2) is 4.89. The van der Waals surface area contributed by atoms with Crippen molar-refractivity contribution in [2.45, 2.75) is 25.4 Å². The Balaban J connectivity index is 2.15. The average Bonchev–Trinajstić information content (AvgIpc) is 2.37. The zero-order valence-electron chi connectivity index (χ0n) is 10.7. The first-order chi connectivity index (χ1) is 8.52. The lowest BCUT2D eigenvalue weighted by molar-refractivity contribution is -0.0109. The van der Waals surface area contributed by atoms with Gasteiger partial charge in [-0.1, -0.05) is 0 Å². The van der Waals surface area contributed by atoms with Gasteiger partial charge in [-0.2, -0.15) is 0 Å². The van der Waals surface area contributed by atoms with Gasteiger partial charge in [0.1, 0.15) is 11.5 Å². The Morgan fingerprint density at radius 1 is 1.56 bits per heavy atom. The van der Waals surface area contributed by atoms with Gasteiger partial charge in [0.2, 0.25) is 0 Å². The van der Waals surface area contributed by atoms with E-state index < -0.39 is 5.60 Å². The molecular formula is C12H18N4O2. The number of carbonyl (C=O) groups excluding carboxylic acids is 1. The van der Waals surface area contributed by atoms with E-state index in [0.29, 0.717) is 24.6 Å². The van der Waals surface area contributed by atoms with E-state index in [2.05, 4.69) is 15.3 Å². The molecule has 0 aliphatic carbocycles. The minimum atomic E-state index is -0.804. The number of rotatable bonds is 2. The zero-order chi connectivity index (χ0) is 13.2. The highest BCUT2D eigenvalue weighted by molar-refractivity contribution is 5.92. The van der Waals surface area contributed by atoms with E-state index >= 15 is 0 Å². The predicted octanol–water partition coefficient (Wildman–Crippen LogP) is 0.505. The van der Waals surface area contributed by atoms with E-state index in [0.717, 1.165) is 12.8 Å². The van der Waals surface area contributed by atoms with Gasteiger partial charge in [-0.3, -0.25) is 9.78 Å². The Bertz CT molecular complexity index is 447. The van der Waals surface area contributed by atoms with Crippen molar-refractivity contribution in [3.05, 3.63) is 18.1 Å². The van der Waals surface area contributed by atoms with Gasteiger partial charge in [-0.05, 0) is 19.8 Å². The molecule has 0 radical (unpaired) electrons. The van der Waals surface area contributed by atoms with Crippen LogP contribution >= 0.6 is 0 Å². The normalized spacial score (nSPS) is 23.8. The molecule has 98 valence electrons. The monoisotopic (exact) mass is 250 g/mol. The number of aliphatic hydroxyl groups is 1. The number of carbonyl (C=O) groups is 1. The number of β-amino-alcohol motifs (C(OH)–C–C–N with tert-alkyl or cyclic N) is 1. The standard InChI is InChI=1S/C12H18N4O2/c1-12(18)4-3-5-16(8-12)11(17)9-6-14-7-10(13-2)15-9/h6-7,18H,3-5,8H2,1-2H3,(H,13,15). The molecule has 1 unspecified atom stereocenters. The molecule has 2 heterocycles. The molecule has 18 heavy (non-hydrogen) atoms. The first-order valence-electron chi connectivity index (χ1n) is 6.03. The number of hydrogen-bond donors (Lipinski definition) is 2. The van der Waals surface area contributed by atoms with E-state index in [1.54, 1.807) is 25.1 Å². The molecular weight excluding hydrogens is 232 g/mol. The third kappa shape index (κ3) is 2.76. The van der Waals surface area contributed by atoms with Gasteiger partial charge in [0.15, 0.2) is 0 Å². The zero-order valence-corrected chi connectivity index (χ0v) is 10.7. The summed E-state index contributed by atoms with van der Waals surface area (Å²) < 4.78 is 0. The summed E-state index contributed by atoms with van der Waals surface area (Å²) in [5.74, 6) is 0.379. The number of aromatic nitrogens is 2. The van der Waals surface area contributed by atoms with E-state index in [9.17, 15) is 9.90 Å². The molecule has 2 rings (SSSR count). The summed E-state index contributed by atoms with van der Waals surface area (Å²) in [4.78, 5) is 22.0. The number of likely N-dealkylation sites (tertiary alicyclic amines) is 1. The van der Waals surface area contributed by atoms with Crippen LogP contribution in [-0.2, 0) is 0 Å². The maximum absolute atomic E-state index is 12.2. The van der Waals surface area contributed by atoms with Crippen molar-refractivity contribution in [1.29, 1.82) is 0 Å². The van der Waals surface area contributed by atoms with Crippen molar-refractivity contribution in [1.82, 2.24) is 14.9 Å². The van der Waals surface area contributed by atoms with Crippen LogP contribution in [0.5, 0.6) is 0 Å². The van der Waals surface area contributed by atoms with Crippen molar-refractivity contribution < 1.29 is 9.90 Å². The number of hydrogen-bond acceptors (Lipinski definition) is 5. The Labute approximate surface area is 106 Å². The number of nitrogens with zero attached hydrogens (tertiary/aromatic N) is 3. The highest BCUT2D eigenvalue weighted by Gasteiger charge is 2.31. The van der Waals surface area contributed by atoms with Crippen LogP contribution in [0.25, 0.3) is 0 Å². The minimum Gasteiger partial charge on any atom is -0.388 e. The van der Waals surface area contributed by atoms with Crippen molar-refractivity contribution in [2.24, 2.45) is 0 Å². The van der Waals surface area contributed by atoms with Crippen LogP contribution in [0.15, 0.2) is 12.4 Å². The summed E-state index contributed by atoms with van der Waals surface area (Å²) in [6, 6.07) is 0. The molecule has 1 aromatic rings. The molecule has 6 nitrogen and oxygen atoms in total. The average molecular weight is 250 g/mol. The fraction of sp³-hybridized carbons (Fsp3) is 0.583. The van der Waals surface area contributed by atoms with E-state index in [1.807, 2.05) is 0 Å². The molecule has 2 N–H and O–H groups in total. The Kier molecular flexibility index (Phi) is 3.47. The van der Waals surface area contributed by atoms with Gasteiger partial charge in [0, 0.05) is 20.1 Å². The number of piperidine rings is 1. The summed E-state index contributed by atoms with van der Waals surface area (Å²) in [5.41, 5.74) is -0.498. The number of nitrogens with one attached hydrogen (secondary N) is 1. The molecule has 6 heteroatoms. The topological polar surface area (TPSA) is 78.4 Å². The highest BCUT2D eigenvalue weighted by atomic mass is 16.3. The molecule has 1 aliphatic rings. The van der Waals surface area contributed by atoms with Crippen molar-refractivity contribution in [3.8, 4) is 0 Å². The van der Waals surface area contributed by atoms with Crippen molar-refractivity contribution in [3.63, 3.8) is 0 Å². The summed E-state index contributed by atoms with van der Waals surface area (Å²) in [5, 5.41) is 12.8. The number of anilines is 1. The summed E-state index contributed by atoms with van der Waals surface area (Å²) in [7, 11) is 1.73. The lowest BCUT2D eigenvalue weighted by Gasteiger charge is -2.36. The predicted molar refractivity (Wildman–Crippen MR) is 67.3 cm³/mol. The van der Waals surface area contributed by atoms with Gasteiger partial charge in [0.25, 0.3) is 5.91 Å². The van der Waals surface area contributed by atoms with Crippen LogP contribution in [0.3, 0.4) is 0 Å². The largest absolute Gasteiger partial charge is 0.388 e. The fourth-order valence-corrected chi connectivity index (χ4v) is 2.14. The first kappa shape index (κ1) is 12.8. The smallest absolute Gasteiger partial charge is 0.274 e. The molecule has 0 spiro atoms. The SMILES string of the molecule is CNc1cncc(C(=O)N2CCCC(C)(O)C2)n1. The van der Waals surface area contributed by atoms with Gasteiger partial charge < -0.3 is 15.3 Å². The minimum absolute atomic E-state index is 0.181. The second-order valence-corrected chi connectivity index (χ2v) is 4.87. The van der Waals surface area contributed by atoms with Crippen molar-refractivity contribution in [2.75, 3.05) is 25.5 Å². The molecule has 1 amide bonds. The van der Waals surface area contributed by atoms with Crippen LogP contribution in [-0.4, -0.2) is 51.6 Å². The second-order valence-electron chi connectivity index (χ2n) is 4.87. The van der Waals surface area contributed by atoms with E-state index in [1.165, 1.54) is 6.20 Å². The van der Waals surface area contributed by atoms with Crippen LogP contribution in [0.2, 0.25) is 0 Å². The lowest BCUT2D eigenvalue weighted by atomic mass is 9.95. The molecule has 0 bridgehead atoms. The quantitative estimate of drug-likeness (QED) is 0.799. The summed E-state index contributed by atoms with van der Waals surface area (Å²) in [6.45, 7) is 2.75. The van der Waals surface area contributed by atoms with E-state index in [4.69, 9.17) is 0 Å². The maximum atomic E-state index is 12.2. The van der Waals surface area contributed by atoms with Gasteiger partial charge in [0.05, 0.1) is 18.0 Å². The third-order valence-electron chi connectivity index (χ3n) is 3.07. The molecule has 1 atom stereocenters. The maximum Gasteiger partial charge on any atom is 0.274 e. The summed E-state index contributed by atoms with van der Waals surface area (Å²) in [6.07, 6.45) is 4.53. The number of amides is 1. The first-order valence-corrected chi connectivity index (χ1v) is 6.03. The van der Waals surface area contributed by atoms with E-state index in [-0.39, 0.29) is 5.91 Å². The Morgan fingerprint density at radius 2 is 2.33 bits per heavy atom. The van der Waals surface area contributed by atoms with Crippen LogP contribution < -0.4 is 5.32 Å². The molecule has 0 aromatic carbocycles. The summed E-state index contributed by atoms with van der Waals surface area (Å²) >= 11 is 0. The fourth-order valence-electron chi connectivity index (χ4n) is 2.14. The Hall–Kier alpha value is -1.69. The van der Waals surface area contributed by atoms with Crippen LogP contribution in [0.4, 0.5) is 5.82 Å². The third-order valence-corrected chi connectivity index (χ3v) is 3.07. The molecule has 1 fully saturated rings. The van der Waals surface area contributed by atoms with Gasteiger partial charge >= 0.3 is 0 Å². The molecule has 1 saturated heterocycles. The van der Waals surface area contributed by atoms with Gasteiger partial charge in [-0.15, -0.1) is 0 Å². The van der Waals surface area contributed by atoms with Crippen LogP contribution in [0.1, 0.15) is 30.3 Å². The molecule has 1 aromatic heterocycles. The molecule has 1 aliphatic heterocycles. The van der Waals surface area contributed by atoms with Gasteiger partial charge in [-0.25, -0.2) is 4.98 Å².